The van der Waals surface area contributed by atoms with Crippen LogP contribution in [0.1, 0.15) is 21.5 Å². The minimum Gasteiger partial charge on any atom is -0.326 e. The summed E-state index contributed by atoms with van der Waals surface area (Å²) in [6.07, 6.45) is 0. The van der Waals surface area contributed by atoms with Crippen LogP contribution in [0.3, 0.4) is 0 Å². The van der Waals surface area contributed by atoms with Gasteiger partial charge >= 0.3 is 0 Å². The molecule has 0 fully saturated rings. The summed E-state index contributed by atoms with van der Waals surface area (Å²) in [7, 11) is 1.78. The first-order valence-electron chi connectivity index (χ1n) is 6.25. The Balaban J connectivity index is 2.25. The van der Waals surface area contributed by atoms with Crippen LogP contribution >= 0.6 is 0 Å². The summed E-state index contributed by atoms with van der Waals surface area (Å²) in [5, 5.41) is 0. The summed E-state index contributed by atoms with van der Waals surface area (Å²) in [5.41, 5.74) is 9.28. The van der Waals surface area contributed by atoms with E-state index in [0.29, 0.717) is 12.1 Å². The lowest BCUT2D eigenvalue weighted by Crippen LogP contribution is -2.26. The quantitative estimate of drug-likeness (QED) is 0.915. The second-order valence-corrected chi connectivity index (χ2v) is 4.60. The number of nitrogens with two attached hydrogens (primary N) is 1. The molecule has 2 aromatic rings. The van der Waals surface area contributed by atoms with Crippen LogP contribution in [0.5, 0.6) is 0 Å². The van der Waals surface area contributed by atoms with Crippen molar-refractivity contribution in [2.45, 2.75) is 13.5 Å². The highest BCUT2D eigenvalue weighted by atomic mass is 16.2. The van der Waals surface area contributed by atoms with Crippen LogP contribution in [-0.4, -0.2) is 13.0 Å². The second-order valence-electron chi connectivity index (χ2n) is 4.60. The molecule has 2 aromatic carbocycles. The molecule has 1 amide bonds. The van der Waals surface area contributed by atoms with Crippen molar-refractivity contribution in [1.82, 2.24) is 0 Å². The normalized spacial score (nSPS) is 10.3. The van der Waals surface area contributed by atoms with Crippen molar-refractivity contribution in [3.63, 3.8) is 0 Å². The Bertz CT molecular complexity index is 576. The van der Waals surface area contributed by atoms with Gasteiger partial charge in [0.1, 0.15) is 0 Å². The maximum atomic E-state index is 12.4. The van der Waals surface area contributed by atoms with E-state index >= 15 is 0 Å². The zero-order chi connectivity index (χ0) is 13.8. The van der Waals surface area contributed by atoms with Gasteiger partial charge in [0.25, 0.3) is 5.91 Å². The van der Waals surface area contributed by atoms with Crippen molar-refractivity contribution >= 4 is 11.6 Å². The molecule has 0 unspecified atom stereocenters. The number of hydrogen-bond acceptors (Lipinski definition) is 2. The molecule has 0 aromatic heterocycles. The molecule has 19 heavy (non-hydrogen) atoms. The second kappa shape index (κ2) is 5.67. The Morgan fingerprint density at radius 3 is 2.47 bits per heavy atom. The topological polar surface area (TPSA) is 46.3 Å². The van der Waals surface area contributed by atoms with E-state index in [0.717, 1.165) is 11.3 Å². The molecule has 0 spiro atoms. The molecule has 0 heterocycles. The molecule has 0 saturated heterocycles. The number of aryl methyl sites for hydroxylation is 1. The highest BCUT2D eigenvalue weighted by Crippen LogP contribution is 2.16. The molecule has 98 valence electrons. The van der Waals surface area contributed by atoms with Crippen LogP contribution in [0.15, 0.2) is 48.5 Å². The third-order valence-electron chi connectivity index (χ3n) is 3.14. The molecule has 0 radical (unpaired) electrons. The third kappa shape index (κ3) is 3.01. The first-order valence-corrected chi connectivity index (χ1v) is 6.25. The van der Waals surface area contributed by atoms with E-state index in [-0.39, 0.29) is 5.91 Å². The molecule has 0 saturated carbocycles. The van der Waals surface area contributed by atoms with Gasteiger partial charge in [0, 0.05) is 24.8 Å². The Morgan fingerprint density at radius 2 is 1.84 bits per heavy atom. The zero-order valence-electron chi connectivity index (χ0n) is 11.3. The Morgan fingerprint density at radius 1 is 1.16 bits per heavy atom. The SMILES string of the molecule is Cc1ccc(N(C)C(=O)c2cccc(CN)c2)cc1. The lowest BCUT2D eigenvalue weighted by molar-refractivity contribution is 0.0993. The molecule has 0 aliphatic carbocycles. The van der Waals surface area contributed by atoms with Crippen LogP contribution < -0.4 is 10.6 Å². The van der Waals surface area contributed by atoms with Gasteiger partial charge in [0.05, 0.1) is 0 Å². The van der Waals surface area contributed by atoms with Crippen LogP contribution in [0.2, 0.25) is 0 Å². The van der Waals surface area contributed by atoms with Crippen molar-refractivity contribution in [3.8, 4) is 0 Å². The van der Waals surface area contributed by atoms with Gasteiger partial charge < -0.3 is 10.6 Å². The van der Waals surface area contributed by atoms with Crippen LogP contribution in [0.25, 0.3) is 0 Å². The van der Waals surface area contributed by atoms with Gasteiger partial charge in [-0.3, -0.25) is 4.79 Å². The van der Waals surface area contributed by atoms with Crippen molar-refractivity contribution in [3.05, 3.63) is 65.2 Å². The minimum atomic E-state index is -0.0286. The number of carbonyl (C=O) groups excluding carboxylic acids is 1. The number of amides is 1. The highest BCUT2D eigenvalue weighted by Gasteiger charge is 2.13. The summed E-state index contributed by atoms with van der Waals surface area (Å²) >= 11 is 0. The molecule has 0 aliphatic heterocycles. The van der Waals surface area contributed by atoms with E-state index in [9.17, 15) is 4.79 Å². The smallest absolute Gasteiger partial charge is 0.258 e. The first-order chi connectivity index (χ1) is 9.11. The predicted molar refractivity (Wildman–Crippen MR) is 78.2 cm³/mol. The number of nitrogens with zero attached hydrogens (tertiary/aromatic N) is 1. The van der Waals surface area contributed by atoms with Crippen molar-refractivity contribution in [2.75, 3.05) is 11.9 Å². The molecule has 0 atom stereocenters. The van der Waals surface area contributed by atoms with Gasteiger partial charge in [-0.2, -0.15) is 0 Å². The van der Waals surface area contributed by atoms with Gasteiger partial charge in [-0.1, -0.05) is 29.8 Å². The van der Waals surface area contributed by atoms with Crippen LogP contribution in [0, 0.1) is 6.92 Å². The fourth-order valence-corrected chi connectivity index (χ4v) is 1.91. The monoisotopic (exact) mass is 254 g/mol. The molecule has 3 heteroatoms. The molecular formula is C16H18N2O. The number of benzene rings is 2. The number of rotatable bonds is 3. The van der Waals surface area contributed by atoms with Crippen LogP contribution in [0.4, 0.5) is 5.69 Å². The fourth-order valence-electron chi connectivity index (χ4n) is 1.91. The number of hydrogen-bond donors (Lipinski definition) is 1. The van der Waals surface area contributed by atoms with E-state index in [1.807, 2.05) is 55.5 Å². The predicted octanol–water partition coefficient (Wildman–Crippen LogP) is 2.73. The van der Waals surface area contributed by atoms with Crippen molar-refractivity contribution < 1.29 is 4.79 Å². The van der Waals surface area contributed by atoms with Crippen molar-refractivity contribution in [1.29, 1.82) is 0 Å². The maximum Gasteiger partial charge on any atom is 0.258 e. The summed E-state index contributed by atoms with van der Waals surface area (Å²) in [6.45, 7) is 2.46. The Labute approximate surface area is 113 Å². The molecule has 3 nitrogen and oxygen atoms in total. The standard InChI is InChI=1S/C16H18N2O/c1-12-6-8-15(9-7-12)18(2)16(19)14-5-3-4-13(10-14)11-17/h3-10H,11,17H2,1-2H3. The first kappa shape index (κ1) is 13.3. The van der Waals surface area contributed by atoms with Gasteiger partial charge in [-0.15, -0.1) is 0 Å². The van der Waals surface area contributed by atoms with Gasteiger partial charge in [-0.25, -0.2) is 0 Å². The zero-order valence-corrected chi connectivity index (χ0v) is 11.3. The number of anilines is 1. The summed E-state index contributed by atoms with van der Waals surface area (Å²) in [5.74, 6) is -0.0286. The fraction of sp³-hybridized carbons (Fsp3) is 0.188. The summed E-state index contributed by atoms with van der Waals surface area (Å²) in [4.78, 5) is 14.0. The summed E-state index contributed by atoms with van der Waals surface area (Å²) in [6, 6.07) is 15.3. The van der Waals surface area contributed by atoms with Gasteiger partial charge in [0.2, 0.25) is 0 Å². The molecule has 0 aliphatic rings. The average Bonchev–Trinajstić information content (AvgIpc) is 2.46. The van der Waals surface area contributed by atoms with E-state index in [4.69, 9.17) is 5.73 Å². The van der Waals surface area contributed by atoms with Crippen molar-refractivity contribution in [2.24, 2.45) is 5.73 Å². The lowest BCUT2D eigenvalue weighted by atomic mass is 10.1. The van der Waals surface area contributed by atoms with Gasteiger partial charge in [0.15, 0.2) is 0 Å². The molecule has 2 rings (SSSR count). The summed E-state index contributed by atoms with van der Waals surface area (Å²) < 4.78 is 0. The van der Waals surface area contributed by atoms with E-state index in [1.165, 1.54) is 5.56 Å². The van der Waals surface area contributed by atoms with E-state index in [2.05, 4.69) is 0 Å². The molecule has 0 bridgehead atoms. The van der Waals surface area contributed by atoms with E-state index < -0.39 is 0 Å². The average molecular weight is 254 g/mol. The highest BCUT2D eigenvalue weighted by molar-refractivity contribution is 6.05. The molecular weight excluding hydrogens is 236 g/mol. The molecule has 2 N–H and O–H groups in total. The van der Waals surface area contributed by atoms with Crippen LogP contribution in [-0.2, 0) is 6.54 Å². The number of carbonyl (C=O) groups is 1. The Hall–Kier alpha value is -2.13. The largest absolute Gasteiger partial charge is 0.326 e. The van der Waals surface area contributed by atoms with Gasteiger partial charge in [-0.05, 0) is 36.8 Å². The Kier molecular flexibility index (Phi) is 3.97. The third-order valence-corrected chi connectivity index (χ3v) is 3.14. The maximum absolute atomic E-state index is 12.4. The van der Waals surface area contributed by atoms with E-state index in [1.54, 1.807) is 11.9 Å². The minimum absolute atomic E-state index is 0.0286. The lowest BCUT2D eigenvalue weighted by Gasteiger charge is -2.18.